The fourth-order valence-corrected chi connectivity index (χ4v) is 3.77. The number of aliphatic hydroxyl groups is 2. The summed E-state index contributed by atoms with van der Waals surface area (Å²) in [5, 5.41) is 36.6. The maximum absolute atomic E-state index is 9.77. The Kier molecular flexibility index (Phi) is 10.9. The lowest BCUT2D eigenvalue weighted by molar-refractivity contribution is -0.165. The molecule has 0 bridgehead atoms. The molecule has 1 aromatic heterocycles. The highest BCUT2D eigenvalue weighted by atomic mass is 35.5. The molecule has 9 nitrogen and oxygen atoms in total. The number of nitrogens with one attached hydrogen (secondary N) is 1. The molecule has 0 aliphatic carbocycles. The maximum atomic E-state index is 9.77. The molecule has 0 saturated carbocycles. The van der Waals surface area contributed by atoms with E-state index in [2.05, 4.69) is 29.0 Å². The van der Waals surface area contributed by atoms with Crippen LogP contribution < -0.4 is 5.32 Å². The number of thiazole rings is 1. The zero-order valence-corrected chi connectivity index (χ0v) is 17.5. The fraction of sp³-hybridized carbons (Fsp3) is 0.706. The van der Waals surface area contributed by atoms with E-state index < -0.39 is 24.1 Å². The molecule has 160 valence electrons. The van der Waals surface area contributed by atoms with Gasteiger partial charge in [0.05, 0.1) is 10.4 Å². The summed E-state index contributed by atoms with van der Waals surface area (Å²) >= 11 is 7.79. The van der Waals surface area contributed by atoms with Gasteiger partial charge in [0, 0.05) is 19.1 Å². The van der Waals surface area contributed by atoms with Crippen LogP contribution in [0, 0.1) is 5.92 Å². The van der Waals surface area contributed by atoms with Crippen molar-refractivity contribution in [1.29, 1.82) is 0 Å². The molecule has 0 unspecified atom stereocenters. The highest BCUT2D eigenvalue weighted by Crippen LogP contribution is 2.24. The van der Waals surface area contributed by atoms with Gasteiger partial charge in [-0.3, -0.25) is 4.90 Å². The van der Waals surface area contributed by atoms with Crippen molar-refractivity contribution in [3.8, 4) is 0 Å². The van der Waals surface area contributed by atoms with Crippen molar-refractivity contribution >= 4 is 34.9 Å². The number of carboxylic acid groups (broad SMARTS) is 2. The molecule has 2 atom stereocenters. The van der Waals surface area contributed by atoms with E-state index >= 15 is 0 Å². The van der Waals surface area contributed by atoms with Gasteiger partial charge in [-0.1, -0.05) is 25.4 Å². The molecular formula is C17H28ClN3O6S. The van der Waals surface area contributed by atoms with Crippen molar-refractivity contribution in [1.82, 2.24) is 15.2 Å². The van der Waals surface area contributed by atoms with Gasteiger partial charge in [-0.25, -0.2) is 14.6 Å². The van der Waals surface area contributed by atoms with Gasteiger partial charge in [0.25, 0.3) is 0 Å². The lowest BCUT2D eigenvalue weighted by Crippen LogP contribution is -2.44. The first-order valence-corrected chi connectivity index (χ1v) is 10.2. The van der Waals surface area contributed by atoms with Gasteiger partial charge in [0.1, 0.15) is 5.15 Å². The Bertz CT molecular complexity index is 606. The molecule has 1 saturated heterocycles. The van der Waals surface area contributed by atoms with Crippen LogP contribution in [0.2, 0.25) is 5.15 Å². The number of aliphatic carboxylic acids is 2. The second-order valence-corrected chi connectivity index (χ2v) is 8.23. The first-order valence-electron chi connectivity index (χ1n) is 8.97. The van der Waals surface area contributed by atoms with Gasteiger partial charge in [-0.05, 0) is 31.8 Å². The van der Waals surface area contributed by atoms with Gasteiger partial charge < -0.3 is 25.7 Å². The summed E-state index contributed by atoms with van der Waals surface area (Å²) in [4.78, 5) is 27.5. The molecule has 0 spiro atoms. The molecule has 0 aromatic carbocycles. The third-order valence-corrected chi connectivity index (χ3v) is 5.42. The number of hydrogen-bond donors (Lipinski definition) is 5. The van der Waals surface area contributed by atoms with Crippen LogP contribution >= 0.6 is 22.9 Å². The van der Waals surface area contributed by atoms with E-state index in [0.29, 0.717) is 17.1 Å². The van der Waals surface area contributed by atoms with Crippen LogP contribution in [0.15, 0.2) is 5.51 Å². The van der Waals surface area contributed by atoms with Gasteiger partial charge in [0.2, 0.25) is 0 Å². The Morgan fingerprint density at radius 2 is 1.79 bits per heavy atom. The smallest absolute Gasteiger partial charge is 0.335 e. The highest BCUT2D eigenvalue weighted by Gasteiger charge is 2.29. The first-order chi connectivity index (χ1) is 13.1. The summed E-state index contributed by atoms with van der Waals surface area (Å²) in [5.41, 5.74) is 1.84. The lowest BCUT2D eigenvalue weighted by atomic mass is 10.0. The van der Waals surface area contributed by atoms with Crippen LogP contribution in [0.4, 0.5) is 0 Å². The molecule has 1 aliphatic heterocycles. The molecule has 0 radical (unpaired) electrons. The van der Waals surface area contributed by atoms with Crippen molar-refractivity contribution in [3.05, 3.63) is 15.5 Å². The number of hydrogen-bond acceptors (Lipinski definition) is 8. The van der Waals surface area contributed by atoms with Gasteiger partial charge >= 0.3 is 11.9 Å². The molecule has 11 heteroatoms. The molecule has 0 amide bonds. The predicted molar refractivity (Wildman–Crippen MR) is 106 cm³/mol. The minimum atomic E-state index is -2.27. The van der Waals surface area contributed by atoms with Crippen molar-refractivity contribution in [2.75, 3.05) is 19.6 Å². The van der Waals surface area contributed by atoms with Crippen molar-refractivity contribution in [2.45, 2.75) is 51.5 Å². The molecule has 2 rings (SSSR count). The number of rotatable bonds is 8. The summed E-state index contributed by atoms with van der Waals surface area (Å²) in [7, 11) is 0. The van der Waals surface area contributed by atoms with Gasteiger partial charge in [0.15, 0.2) is 12.2 Å². The van der Waals surface area contributed by atoms with E-state index in [1.807, 2.05) is 5.51 Å². The molecule has 1 fully saturated rings. The van der Waals surface area contributed by atoms with E-state index in [9.17, 15) is 9.59 Å². The number of carboxylic acids is 2. The summed E-state index contributed by atoms with van der Waals surface area (Å²) in [5.74, 6) is -2.85. The van der Waals surface area contributed by atoms with E-state index in [0.717, 1.165) is 26.2 Å². The Labute approximate surface area is 173 Å². The first kappa shape index (κ1) is 24.7. The standard InChI is InChI=1S/C13H22ClN3S.C4H6O6/c1-10(2)7-17(11-3-5-15-6-4-11)8-12-13(14)16-9-18-12;5-1(3(7)8)2(6)4(9)10/h9-11,15H,3-8H2,1-2H3;1-2,5-6H,(H,7,8)(H,9,10)/t;1-,2-/m.1/s1. The van der Waals surface area contributed by atoms with E-state index in [1.54, 1.807) is 11.3 Å². The minimum Gasteiger partial charge on any atom is -0.479 e. The second kappa shape index (κ2) is 12.3. The normalized spacial score (nSPS) is 17.1. The third-order valence-electron chi connectivity index (χ3n) is 4.17. The number of aromatic nitrogens is 1. The number of aliphatic hydroxyl groups excluding tert-OH is 2. The monoisotopic (exact) mass is 437 g/mol. The van der Waals surface area contributed by atoms with E-state index in [4.69, 9.17) is 32.0 Å². The number of piperidine rings is 1. The summed E-state index contributed by atoms with van der Waals surface area (Å²) in [6.45, 7) is 8.92. The fourth-order valence-electron chi connectivity index (χ4n) is 2.80. The van der Waals surface area contributed by atoms with Gasteiger partial charge in [-0.15, -0.1) is 11.3 Å². The Morgan fingerprint density at radius 1 is 1.25 bits per heavy atom. The molecule has 2 heterocycles. The maximum Gasteiger partial charge on any atom is 0.335 e. The summed E-state index contributed by atoms with van der Waals surface area (Å²) < 4.78 is 0. The Hall–Kier alpha value is -1.30. The summed E-state index contributed by atoms with van der Waals surface area (Å²) in [6.07, 6.45) is -2.05. The zero-order valence-electron chi connectivity index (χ0n) is 15.9. The van der Waals surface area contributed by atoms with Crippen LogP contribution in [-0.2, 0) is 16.1 Å². The largest absolute Gasteiger partial charge is 0.479 e. The van der Waals surface area contributed by atoms with E-state index in [-0.39, 0.29) is 0 Å². The van der Waals surface area contributed by atoms with Crippen LogP contribution in [-0.4, -0.2) is 80.1 Å². The Morgan fingerprint density at radius 3 is 2.18 bits per heavy atom. The van der Waals surface area contributed by atoms with Crippen molar-refractivity contribution < 1.29 is 30.0 Å². The predicted octanol–water partition coefficient (Wildman–Crippen LogP) is 0.884. The van der Waals surface area contributed by atoms with Gasteiger partial charge in [-0.2, -0.15) is 0 Å². The Balaban J connectivity index is 0.000000336. The second-order valence-electron chi connectivity index (χ2n) is 6.94. The SMILES string of the molecule is CC(C)CN(Cc1scnc1Cl)C1CCNCC1.O=C(O)[C@H](O)[C@@H](O)C(=O)O. The summed E-state index contributed by atoms with van der Waals surface area (Å²) in [6, 6.07) is 0.687. The van der Waals surface area contributed by atoms with Crippen molar-refractivity contribution in [2.24, 2.45) is 5.92 Å². The van der Waals surface area contributed by atoms with E-state index in [1.165, 1.54) is 17.7 Å². The van der Waals surface area contributed by atoms with Crippen molar-refractivity contribution in [3.63, 3.8) is 0 Å². The van der Waals surface area contributed by atoms with Crippen LogP contribution in [0.3, 0.4) is 0 Å². The highest BCUT2D eigenvalue weighted by molar-refractivity contribution is 7.10. The zero-order chi connectivity index (χ0) is 21.3. The van der Waals surface area contributed by atoms with Crippen LogP contribution in [0.25, 0.3) is 0 Å². The number of nitrogens with zero attached hydrogens (tertiary/aromatic N) is 2. The van der Waals surface area contributed by atoms with Crippen LogP contribution in [0.1, 0.15) is 31.6 Å². The average Bonchev–Trinajstić information content (AvgIpc) is 3.05. The van der Waals surface area contributed by atoms with Crippen LogP contribution in [0.5, 0.6) is 0 Å². The lowest BCUT2D eigenvalue weighted by Gasteiger charge is -2.35. The number of halogens is 1. The average molecular weight is 438 g/mol. The molecule has 5 N–H and O–H groups in total. The molecule has 28 heavy (non-hydrogen) atoms. The molecule has 1 aromatic rings. The molecular weight excluding hydrogens is 410 g/mol. The third kappa shape index (κ3) is 8.38. The topological polar surface area (TPSA) is 143 Å². The quantitative estimate of drug-likeness (QED) is 0.400. The minimum absolute atomic E-state index is 0.683. The number of carbonyl (C=O) groups is 2. The molecule has 1 aliphatic rings.